The van der Waals surface area contributed by atoms with Gasteiger partial charge in [0.2, 0.25) is 5.79 Å². The number of nitrogens with one attached hydrogen (secondary N) is 2. The Morgan fingerprint density at radius 3 is 2.96 bits per heavy atom. The summed E-state index contributed by atoms with van der Waals surface area (Å²) in [5, 5.41) is 9.72. The lowest BCUT2D eigenvalue weighted by atomic mass is 10.0. The molecule has 3 rings (SSSR count). The summed E-state index contributed by atoms with van der Waals surface area (Å²) in [4.78, 5) is 6.36. The number of aliphatic imine (C=N–C) groups is 1. The summed E-state index contributed by atoms with van der Waals surface area (Å²) in [6, 6.07) is 0.0355. The van der Waals surface area contributed by atoms with Crippen LogP contribution in [0.2, 0.25) is 0 Å². The third-order valence-electron chi connectivity index (χ3n) is 5.30. The first-order valence-electron chi connectivity index (χ1n) is 9.01. The van der Waals surface area contributed by atoms with E-state index in [1.54, 1.807) is 24.1 Å². The van der Waals surface area contributed by atoms with E-state index in [1.165, 1.54) is 6.20 Å². The SMILES string of the molecule is CCC(C)N1CC[C@@H](n2cc(C3(N)N=C(NC)C(F)=CN3)cn2)[C@H](F)C1. The normalized spacial score (nSPS) is 31.0. The van der Waals surface area contributed by atoms with Crippen LogP contribution in [0.1, 0.15) is 38.3 Å². The van der Waals surface area contributed by atoms with Crippen molar-refractivity contribution in [2.24, 2.45) is 10.7 Å². The first kappa shape index (κ1) is 18.8. The highest BCUT2D eigenvalue weighted by Crippen LogP contribution is 2.29. The van der Waals surface area contributed by atoms with Gasteiger partial charge in [-0.3, -0.25) is 15.3 Å². The highest BCUT2D eigenvalue weighted by molar-refractivity contribution is 5.96. The Morgan fingerprint density at radius 1 is 1.54 bits per heavy atom. The van der Waals surface area contributed by atoms with Gasteiger partial charge >= 0.3 is 0 Å². The molecule has 0 bridgehead atoms. The molecule has 0 radical (unpaired) electrons. The average Bonchev–Trinajstić information content (AvgIpc) is 3.13. The van der Waals surface area contributed by atoms with E-state index in [0.717, 1.165) is 13.0 Å². The second-order valence-corrected chi connectivity index (χ2v) is 6.95. The Labute approximate surface area is 152 Å². The van der Waals surface area contributed by atoms with E-state index in [0.29, 0.717) is 24.6 Å². The minimum absolute atomic E-state index is 0.0595. The van der Waals surface area contributed by atoms with Gasteiger partial charge in [-0.2, -0.15) is 5.10 Å². The van der Waals surface area contributed by atoms with Gasteiger partial charge in [-0.1, -0.05) is 6.92 Å². The third kappa shape index (κ3) is 3.45. The van der Waals surface area contributed by atoms with Gasteiger partial charge in [-0.05, 0) is 19.8 Å². The second kappa shape index (κ2) is 7.32. The highest BCUT2D eigenvalue weighted by atomic mass is 19.1. The number of piperidine rings is 1. The molecule has 1 saturated heterocycles. The molecule has 3 heterocycles. The molecular formula is C17H27F2N7. The molecule has 0 spiro atoms. The fourth-order valence-corrected chi connectivity index (χ4v) is 3.42. The number of aromatic nitrogens is 2. The molecule has 7 nitrogen and oxygen atoms in total. The highest BCUT2D eigenvalue weighted by Gasteiger charge is 2.35. The average molecular weight is 367 g/mol. The lowest BCUT2D eigenvalue weighted by Crippen LogP contribution is -2.50. The zero-order chi connectivity index (χ0) is 18.9. The van der Waals surface area contributed by atoms with Crippen LogP contribution >= 0.6 is 0 Å². The molecule has 4 N–H and O–H groups in total. The molecule has 0 amide bonds. The van der Waals surface area contributed by atoms with Crippen molar-refractivity contribution < 1.29 is 8.78 Å². The van der Waals surface area contributed by atoms with E-state index < -0.39 is 17.8 Å². The molecule has 144 valence electrons. The number of alkyl halides is 1. The van der Waals surface area contributed by atoms with Gasteiger partial charge in [0.25, 0.3) is 0 Å². The van der Waals surface area contributed by atoms with Gasteiger partial charge in [-0.15, -0.1) is 0 Å². The van der Waals surface area contributed by atoms with Crippen LogP contribution in [0.3, 0.4) is 0 Å². The molecular weight excluding hydrogens is 340 g/mol. The molecule has 0 aliphatic carbocycles. The van der Waals surface area contributed by atoms with E-state index in [-0.39, 0.29) is 11.9 Å². The predicted molar refractivity (Wildman–Crippen MR) is 96.8 cm³/mol. The van der Waals surface area contributed by atoms with Crippen LogP contribution in [0.25, 0.3) is 0 Å². The van der Waals surface area contributed by atoms with E-state index in [4.69, 9.17) is 5.73 Å². The molecule has 2 aliphatic rings. The standard InChI is InChI=1S/C17H27F2N7/c1-4-11(2)25-6-5-15(14(19)10-25)26-9-12(7-23-26)17(20)22-8-13(18)16(21-3)24-17/h7-9,11,14-15,22H,4-6,10,20H2,1-3H3,(H,21,24)/t11?,14-,15-,17?/m1/s1. The van der Waals surface area contributed by atoms with Crippen molar-refractivity contribution in [3.05, 3.63) is 30.0 Å². The molecule has 2 unspecified atom stereocenters. The lowest BCUT2D eigenvalue weighted by Gasteiger charge is -2.38. The molecule has 9 heteroatoms. The van der Waals surface area contributed by atoms with Crippen molar-refractivity contribution in [1.29, 1.82) is 0 Å². The molecule has 0 saturated carbocycles. The summed E-state index contributed by atoms with van der Waals surface area (Å²) in [5.41, 5.74) is 6.81. The lowest BCUT2D eigenvalue weighted by molar-refractivity contribution is 0.0593. The molecule has 4 atom stereocenters. The van der Waals surface area contributed by atoms with Gasteiger partial charge in [-0.25, -0.2) is 13.8 Å². The van der Waals surface area contributed by atoms with E-state index in [1.807, 2.05) is 0 Å². The first-order valence-corrected chi connectivity index (χ1v) is 9.01. The van der Waals surface area contributed by atoms with Crippen molar-refractivity contribution in [2.75, 3.05) is 20.1 Å². The van der Waals surface area contributed by atoms with Crippen molar-refractivity contribution in [2.45, 2.75) is 50.7 Å². The van der Waals surface area contributed by atoms with Crippen molar-refractivity contribution in [1.82, 2.24) is 25.3 Å². The maximum absolute atomic E-state index is 14.7. The maximum Gasteiger partial charge on any atom is 0.214 e. The molecule has 1 aromatic rings. The quantitative estimate of drug-likeness (QED) is 0.749. The number of amidine groups is 1. The number of nitrogens with two attached hydrogens (primary N) is 1. The van der Waals surface area contributed by atoms with E-state index in [9.17, 15) is 8.78 Å². The minimum Gasteiger partial charge on any atom is -0.371 e. The van der Waals surface area contributed by atoms with Crippen LogP contribution in [-0.2, 0) is 5.79 Å². The molecule has 26 heavy (non-hydrogen) atoms. The van der Waals surface area contributed by atoms with Crippen molar-refractivity contribution in [3.8, 4) is 0 Å². The molecule has 1 aromatic heterocycles. The van der Waals surface area contributed by atoms with E-state index >= 15 is 0 Å². The fourth-order valence-electron chi connectivity index (χ4n) is 3.42. The van der Waals surface area contributed by atoms with Crippen LogP contribution in [0, 0.1) is 0 Å². The molecule has 0 aromatic carbocycles. The second-order valence-electron chi connectivity index (χ2n) is 6.95. The zero-order valence-corrected chi connectivity index (χ0v) is 15.4. The summed E-state index contributed by atoms with van der Waals surface area (Å²) >= 11 is 0. The number of rotatable bonds is 4. The van der Waals surface area contributed by atoms with Gasteiger partial charge in [0.1, 0.15) is 6.17 Å². The Morgan fingerprint density at radius 2 is 2.31 bits per heavy atom. The van der Waals surface area contributed by atoms with Gasteiger partial charge in [0, 0.05) is 38.6 Å². The van der Waals surface area contributed by atoms with Gasteiger partial charge in [0.05, 0.1) is 17.8 Å². The van der Waals surface area contributed by atoms with Crippen molar-refractivity contribution >= 4 is 5.84 Å². The van der Waals surface area contributed by atoms with Crippen LogP contribution in [0.4, 0.5) is 8.78 Å². The first-order chi connectivity index (χ1) is 12.4. The molecule has 2 aliphatic heterocycles. The van der Waals surface area contributed by atoms with Gasteiger partial charge < -0.3 is 10.6 Å². The number of halogens is 2. The van der Waals surface area contributed by atoms with Crippen LogP contribution in [0.15, 0.2) is 29.4 Å². The van der Waals surface area contributed by atoms with E-state index in [2.05, 4.69) is 39.5 Å². The number of hydrogen-bond donors (Lipinski definition) is 3. The zero-order valence-electron chi connectivity index (χ0n) is 15.4. The summed E-state index contributed by atoms with van der Waals surface area (Å²) in [6.07, 6.45) is 5.08. The minimum atomic E-state index is -1.34. The maximum atomic E-state index is 14.7. The number of hydrogen-bond acceptors (Lipinski definition) is 6. The summed E-state index contributed by atoms with van der Waals surface area (Å²) in [7, 11) is 1.57. The Balaban J connectivity index is 1.76. The topological polar surface area (TPSA) is 83.5 Å². The number of likely N-dealkylation sites (tertiary alicyclic amines) is 1. The largest absolute Gasteiger partial charge is 0.371 e. The fraction of sp³-hybridized carbons (Fsp3) is 0.647. The van der Waals surface area contributed by atoms with Gasteiger partial charge in [0.15, 0.2) is 11.7 Å². The Bertz CT molecular complexity index is 701. The van der Waals surface area contributed by atoms with Crippen LogP contribution < -0.4 is 16.4 Å². The summed E-state index contributed by atoms with van der Waals surface area (Å²) in [5.74, 6) is -1.80. The molecule has 1 fully saturated rings. The monoisotopic (exact) mass is 367 g/mol. The summed E-state index contributed by atoms with van der Waals surface area (Å²) in [6.45, 7) is 5.46. The third-order valence-corrected chi connectivity index (χ3v) is 5.30. The van der Waals surface area contributed by atoms with Crippen molar-refractivity contribution in [3.63, 3.8) is 0 Å². The Kier molecular flexibility index (Phi) is 5.29. The summed E-state index contributed by atoms with van der Waals surface area (Å²) < 4.78 is 30.0. The predicted octanol–water partition coefficient (Wildman–Crippen LogP) is 1.37. The number of likely N-dealkylation sites (N-methyl/N-ethyl adjacent to an activating group) is 1. The Hall–Kier alpha value is -2.00. The smallest absolute Gasteiger partial charge is 0.214 e. The van der Waals surface area contributed by atoms with Crippen LogP contribution in [-0.4, -0.2) is 52.9 Å². The van der Waals surface area contributed by atoms with Crippen LogP contribution in [0.5, 0.6) is 0 Å². The number of nitrogens with zero attached hydrogens (tertiary/aromatic N) is 4.